The van der Waals surface area contributed by atoms with E-state index in [0.717, 1.165) is 30.2 Å². The fourth-order valence-corrected chi connectivity index (χ4v) is 2.15. The van der Waals surface area contributed by atoms with Crippen LogP contribution < -0.4 is 11.1 Å². The molecule has 0 saturated heterocycles. The van der Waals surface area contributed by atoms with E-state index in [-0.39, 0.29) is 5.91 Å². The molecule has 0 radical (unpaired) electrons. The zero-order chi connectivity index (χ0) is 14.4. The quantitative estimate of drug-likeness (QED) is 0.632. The first-order valence-corrected chi connectivity index (χ1v) is 6.99. The number of para-hydroxylation sites is 1. The summed E-state index contributed by atoms with van der Waals surface area (Å²) in [6, 6.07) is 9.41. The molecule has 1 aromatic carbocycles. The van der Waals surface area contributed by atoms with Gasteiger partial charge in [-0.1, -0.05) is 30.4 Å². The molecule has 0 fully saturated rings. The van der Waals surface area contributed by atoms with Gasteiger partial charge in [0.2, 0.25) is 0 Å². The van der Waals surface area contributed by atoms with Gasteiger partial charge in [-0.3, -0.25) is 9.78 Å². The lowest BCUT2D eigenvalue weighted by Gasteiger charge is -2.07. The molecule has 0 bridgehead atoms. The van der Waals surface area contributed by atoms with E-state index in [4.69, 9.17) is 18.0 Å². The Bertz CT molecular complexity index is 622. The molecule has 20 heavy (non-hydrogen) atoms. The van der Waals surface area contributed by atoms with E-state index in [1.807, 2.05) is 24.3 Å². The fourth-order valence-electron chi connectivity index (χ4n) is 2.01. The van der Waals surface area contributed by atoms with Crippen LogP contribution in [0.4, 0.5) is 0 Å². The van der Waals surface area contributed by atoms with Crippen LogP contribution in [0, 0.1) is 0 Å². The second kappa shape index (κ2) is 6.96. The number of carbonyl (C=O) groups excluding carboxylic acids is 1. The zero-order valence-electron chi connectivity index (χ0n) is 11.1. The van der Waals surface area contributed by atoms with Gasteiger partial charge < -0.3 is 11.1 Å². The molecule has 1 heterocycles. The molecule has 2 rings (SSSR count). The van der Waals surface area contributed by atoms with Crippen molar-refractivity contribution >= 4 is 34.0 Å². The van der Waals surface area contributed by atoms with E-state index < -0.39 is 0 Å². The standard InChI is InChI=1S/C15H17N3OS/c16-13(20)8-1-2-9-18-15(19)12-7-3-5-11-6-4-10-17-14(11)12/h3-7,10H,1-2,8-9H2,(H2,16,20)(H,18,19). The van der Waals surface area contributed by atoms with Gasteiger partial charge in [0.15, 0.2) is 0 Å². The van der Waals surface area contributed by atoms with Gasteiger partial charge in [0, 0.05) is 18.1 Å². The molecular formula is C15H17N3OS. The number of pyridine rings is 1. The summed E-state index contributed by atoms with van der Waals surface area (Å²) in [5.74, 6) is -0.0929. The number of nitrogens with two attached hydrogens (primary N) is 1. The highest BCUT2D eigenvalue weighted by molar-refractivity contribution is 7.80. The minimum Gasteiger partial charge on any atom is -0.393 e. The lowest BCUT2D eigenvalue weighted by molar-refractivity contribution is 0.0954. The van der Waals surface area contributed by atoms with Gasteiger partial charge in [-0.2, -0.15) is 0 Å². The Labute approximate surface area is 123 Å². The van der Waals surface area contributed by atoms with E-state index in [9.17, 15) is 4.79 Å². The van der Waals surface area contributed by atoms with Crippen LogP contribution in [-0.4, -0.2) is 22.4 Å². The molecule has 0 atom stereocenters. The molecule has 4 nitrogen and oxygen atoms in total. The summed E-state index contributed by atoms with van der Waals surface area (Å²) in [5, 5.41) is 3.87. The number of unbranched alkanes of at least 4 members (excludes halogenated alkanes) is 1. The number of aromatic nitrogens is 1. The number of fused-ring (bicyclic) bond motifs is 1. The van der Waals surface area contributed by atoms with Crippen LogP contribution in [0.25, 0.3) is 10.9 Å². The van der Waals surface area contributed by atoms with Gasteiger partial charge in [-0.15, -0.1) is 0 Å². The lowest BCUT2D eigenvalue weighted by atomic mass is 10.1. The van der Waals surface area contributed by atoms with E-state index in [1.165, 1.54) is 0 Å². The first-order valence-electron chi connectivity index (χ1n) is 6.59. The minimum absolute atomic E-state index is 0.0929. The fraction of sp³-hybridized carbons (Fsp3) is 0.267. The van der Waals surface area contributed by atoms with Crippen molar-refractivity contribution in [2.24, 2.45) is 5.73 Å². The molecule has 0 aliphatic carbocycles. The topological polar surface area (TPSA) is 68.0 Å². The van der Waals surface area contributed by atoms with Crippen LogP contribution in [0.2, 0.25) is 0 Å². The van der Waals surface area contributed by atoms with Crippen LogP contribution in [0.5, 0.6) is 0 Å². The number of nitrogens with zero attached hydrogens (tertiary/aromatic N) is 1. The minimum atomic E-state index is -0.0929. The normalized spacial score (nSPS) is 10.4. The van der Waals surface area contributed by atoms with Crippen molar-refractivity contribution < 1.29 is 4.79 Å². The molecule has 1 amide bonds. The summed E-state index contributed by atoms with van der Waals surface area (Å²) in [6.07, 6.45) is 4.17. The number of thiocarbonyl (C=S) groups is 1. The molecular weight excluding hydrogens is 270 g/mol. The Balaban J connectivity index is 1.96. The number of hydrogen-bond acceptors (Lipinski definition) is 3. The van der Waals surface area contributed by atoms with Gasteiger partial charge >= 0.3 is 0 Å². The van der Waals surface area contributed by atoms with Gasteiger partial charge in [0.1, 0.15) is 0 Å². The molecule has 0 aliphatic rings. The van der Waals surface area contributed by atoms with Gasteiger partial charge in [-0.05, 0) is 31.4 Å². The summed E-state index contributed by atoms with van der Waals surface area (Å²) in [6.45, 7) is 0.616. The Morgan fingerprint density at radius 1 is 1.25 bits per heavy atom. The molecule has 2 aromatic rings. The van der Waals surface area contributed by atoms with Crippen molar-refractivity contribution in [1.82, 2.24) is 10.3 Å². The molecule has 0 aliphatic heterocycles. The third kappa shape index (κ3) is 3.74. The number of amides is 1. The maximum absolute atomic E-state index is 12.2. The summed E-state index contributed by atoms with van der Waals surface area (Å²) >= 11 is 4.81. The highest BCUT2D eigenvalue weighted by Gasteiger charge is 2.09. The summed E-state index contributed by atoms with van der Waals surface area (Å²) in [4.78, 5) is 17.0. The first-order chi connectivity index (χ1) is 9.68. The van der Waals surface area contributed by atoms with Crippen LogP contribution in [-0.2, 0) is 0 Å². The Hall–Kier alpha value is -2.01. The van der Waals surface area contributed by atoms with E-state index in [1.54, 1.807) is 12.3 Å². The summed E-state index contributed by atoms with van der Waals surface area (Å²) in [5.41, 5.74) is 6.76. The molecule has 0 saturated carbocycles. The summed E-state index contributed by atoms with van der Waals surface area (Å²) < 4.78 is 0. The van der Waals surface area contributed by atoms with Gasteiger partial charge in [0.25, 0.3) is 5.91 Å². The molecule has 0 spiro atoms. The van der Waals surface area contributed by atoms with Gasteiger partial charge in [-0.25, -0.2) is 0 Å². The maximum Gasteiger partial charge on any atom is 0.253 e. The second-order valence-corrected chi connectivity index (χ2v) is 5.08. The van der Waals surface area contributed by atoms with Crippen molar-refractivity contribution in [3.63, 3.8) is 0 Å². The van der Waals surface area contributed by atoms with Crippen LogP contribution in [0.3, 0.4) is 0 Å². The number of rotatable bonds is 6. The Morgan fingerprint density at radius 3 is 2.85 bits per heavy atom. The third-order valence-corrected chi connectivity index (χ3v) is 3.22. The van der Waals surface area contributed by atoms with Crippen LogP contribution in [0.1, 0.15) is 29.6 Å². The predicted molar refractivity (Wildman–Crippen MR) is 84.7 cm³/mol. The monoisotopic (exact) mass is 287 g/mol. The molecule has 5 heteroatoms. The Kier molecular flexibility index (Phi) is 5.01. The van der Waals surface area contributed by atoms with Crippen molar-refractivity contribution in [1.29, 1.82) is 0 Å². The predicted octanol–water partition coefficient (Wildman–Crippen LogP) is 2.42. The highest BCUT2D eigenvalue weighted by atomic mass is 32.1. The lowest BCUT2D eigenvalue weighted by Crippen LogP contribution is -2.25. The SMILES string of the molecule is NC(=S)CCCCNC(=O)c1cccc2cccnc12. The zero-order valence-corrected chi connectivity index (χ0v) is 12.0. The van der Waals surface area contributed by atoms with Crippen molar-refractivity contribution in [3.8, 4) is 0 Å². The number of benzene rings is 1. The number of carbonyl (C=O) groups is 1. The van der Waals surface area contributed by atoms with Crippen molar-refractivity contribution in [2.45, 2.75) is 19.3 Å². The summed E-state index contributed by atoms with van der Waals surface area (Å²) in [7, 11) is 0. The van der Waals surface area contributed by atoms with E-state index in [0.29, 0.717) is 17.1 Å². The molecule has 104 valence electrons. The van der Waals surface area contributed by atoms with Crippen LogP contribution in [0.15, 0.2) is 36.5 Å². The van der Waals surface area contributed by atoms with Crippen LogP contribution >= 0.6 is 12.2 Å². The van der Waals surface area contributed by atoms with Crippen molar-refractivity contribution in [2.75, 3.05) is 6.54 Å². The van der Waals surface area contributed by atoms with E-state index >= 15 is 0 Å². The number of nitrogens with one attached hydrogen (secondary N) is 1. The number of hydrogen-bond donors (Lipinski definition) is 2. The third-order valence-electron chi connectivity index (χ3n) is 3.01. The van der Waals surface area contributed by atoms with E-state index in [2.05, 4.69) is 10.3 Å². The molecule has 0 unspecified atom stereocenters. The average molecular weight is 287 g/mol. The van der Waals surface area contributed by atoms with Crippen molar-refractivity contribution in [3.05, 3.63) is 42.1 Å². The maximum atomic E-state index is 12.2. The molecule has 3 N–H and O–H groups in total. The molecule has 1 aromatic heterocycles. The Morgan fingerprint density at radius 2 is 2.05 bits per heavy atom. The highest BCUT2D eigenvalue weighted by Crippen LogP contribution is 2.15. The average Bonchev–Trinajstić information content (AvgIpc) is 2.45. The van der Waals surface area contributed by atoms with Gasteiger partial charge in [0.05, 0.1) is 16.1 Å². The largest absolute Gasteiger partial charge is 0.393 e. The smallest absolute Gasteiger partial charge is 0.253 e. The first kappa shape index (κ1) is 14.4. The second-order valence-electron chi connectivity index (χ2n) is 4.56.